The highest BCUT2D eigenvalue weighted by atomic mass is 35.5. The Morgan fingerprint density at radius 3 is 2.61 bits per heavy atom. The second-order valence-electron chi connectivity index (χ2n) is 5.72. The van der Waals surface area contributed by atoms with Gasteiger partial charge in [-0.3, -0.25) is 14.9 Å². The van der Waals surface area contributed by atoms with Gasteiger partial charge in [0.1, 0.15) is 11.5 Å². The van der Waals surface area contributed by atoms with Crippen LogP contribution in [0.2, 0.25) is 10.0 Å². The number of amides is 1. The molecule has 1 aromatic heterocycles. The standard InChI is InChI=1S/C19H13Cl2N3O4/c20-13-3-1-12(2-4-13)9-19(25)23-22-11-15-6-8-18(28-15)16-10-14(24(26)27)5-7-17(16)21/h1-8,10-11H,9H2,(H,23,25)/b22-11+. The second-order valence-corrected chi connectivity index (χ2v) is 6.56. The Hall–Kier alpha value is -3.16. The molecule has 0 aliphatic carbocycles. The zero-order valence-corrected chi connectivity index (χ0v) is 15.8. The van der Waals surface area contributed by atoms with Crippen LogP contribution in [0.25, 0.3) is 11.3 Å². The predicted octanol–water partition coefficient (Wildman–Crippen LogP) is 4.85. The van der Waals surface area contributed by atoms with Gasteiger partial charge in [-0.05, 0) is 35.9 Å². The van der Waals surface area contributed by atoms with Crippen LogP contribution in [0.3, 0.4) is 0 Å². The lowest BCUT2D eigenvalue weighted by atomic mass is 10.1. The molecule has 0 saturated carbocycles. The van der Waals surface area contributed by atoms with Crippen LogP contribution in [0.5, 0.6) is 0 Å². The number of benzene rings is 2. The highest BCUT2D eigenvalue weighted by Crippen LogP contribution is 2.32. The predicted molar refractivity (Wildman–Crippen MR) is 107 cm³/mol. The third-order valence-corrected chi connectivity index (χ3v) is 4.29. The van der Waals surface area contributed by atoms with Crippen molar-refractivity contribution in [3.63, 3.8) is 0 Å². The van der Waals surface area contributed by atoms with Gasteiger partial charge in [0, 0.05) is 22.7 Å². The Morgan fingerprint density at radius 2 is 1.89 bits per heavy atom. The summed E-state index contributed by atoms with van der Waals surface area (Å²) in [5.41, 5.74) is 3.50. The zero-order valence-electron chi connectivity index (χ0n) is 14.3. The molecule has 0 aliphatic rings. The minimum absolute atomic E-state index is 0.0968. The van der Waals surface area contributed by atoms with Crippen molar-refractivity contribution >= 4 is 41.0 Å². The Bertz CT molecular complexity index is 1050. The lowest BCUT2D eigenvalue weighted by Gasteiger charge is -2.01. The second kappa shape index (κ2) is 8.69. The van der Waals surface area contributed by atoms with Crippen LogP contribution in [0.4, 0.5) is 5.69 Å². The molecule has 1 amide bonds. The summed E-state index contributed by atoms with van der Waals surface area (Å²) < 4.78 is 5.58. The Labute approximate surface area is 169 Å². The monoisotopic (exact) mass is 417 g/mol. The highest BCUT2D eigenvalue weighted by molar-refractivity contribution is 6.33. The van der Waals surface area contributed by atoms with Gasteiger partial charge in [0.25, 0.3) is 5.69 Å². The van der Waals surface area contributed by atoms with Gasteiger partial charge < -0.3 is 4.42 Å². The number of nitro groups is 1. The zero-order chi connectivity index (χ0) is 20.1. The van der Waals surface area contributed by atoms with Crippen LogP contribution in [-0.2, 0) is 11.2 Å². The van der Waals surface area contributed by atoms with Gasteiger partial charge in [-0.1, -0.05) is 35.3 Å². The first kappa shape index (κ1) is 19.6. The summed E-state index contributed by atoms with van der Waals surface area (Å²) in [4.78, 5) is 22.3. The van der Waals surface area contributed by atoms with Crippen molar-refractivity contribution in [2.75, 3.05) is 0 Å². The number of rotatable bonds is 6. The maximum Gasteiger partial charge on any atom is 0.270 e. The van der Waals surface area contributed by atoms with Crippen molar-refractivity contribution in [2.24, 2.45) is 5.10 Å². The van der Waals surface area contributed by atoms with Gasteiger partial charge in [-0.2, -0.15) is 5.10 Å². The first-order valence-electron chi connectivity index (χ1n) is 8.03. The quantitative estimate of drug-likeness (QED) is 0.351. The number of nitrogens with one attached hydrogen (secondary N) is 1. The van der Waals surface area contributed by atoms with Crippen molar-refractivity contribution in [3.05, 3.63) is 86.1 Å². The van der Waals surface area contributed by atoms with Crippen LogP contribution < -0.4 is 5.43 Å². The van der Waals surface area contributed by atoms with E-state index < -0.39 is 4.92 Å². The van der Waals surface area contributed by atoms with Gasteiger partial charge in [0.15, 0.2) is 0 Å². The van der Waals surface area contributed by atoms with Crippen molar-refractivity contribution in [2.45, 2.75) is 6.42 Å². The molecule has 0 radical (unpaired) electrons. The first-order valence-corrected chi connectivity index (χ1v) is 8.78. The van der Waals surface area contributed by atoms with Gasteiger partial charge in [0.05, 0.1) is 22.6 Å². The summed E-state index contributed by atoms with van der Waals surface area (Å²) in [6, 6.07) is 14.2. The van der Waals surface area contributed by atoms with Crippen molar-refractivity contribution in [1.29, 1.82) is 0 Å². The molecule has 142 valence electrons. The molecule has 7 nitrogen and oxygen atoms in total. The van der Waals surface area contributed by atoms with E-state index in [2.05, 4.69) is 10.5 Å². The molecule has 3 rings (SSSR count). The van der Waals surface area contributed by atoms with E-state index in [1.165, 1.54) is 24.4 Å². The fourth-order valence-electron chi connectivity index (χ4n) is 2.38. The number of non-ortho nitro benzene ring substituents is 1. The third kappa shape index (κ3) is 4.97. The van der Waals surface area contributed by atoms with Gasteiger partial charge >= 0.3 is 0 Å². The van der Waals surface area contributed by atoms with E-state index in [-0.39, 0.29) is 18.0 Å². The SMILES string of the molecule is O=C(Cc1ccc(Cl)cc1)N/N=C/c1ccc(-c2cc([N+](=O)[O-])ccc2Cl)o1. The topological polar surface area (TPSA) is 97.7 Å². The van der Waals surface area contributed by atoms with E-state index in [4.69, 9.17) is 27.6 Å². The normalized spacial score (nSPS) is 10.9. The number of halogens is 2. The Morgan fingerprint density at radius 1 is 1.14 bits per heavy atom. The summed E-state index contributed by atoms with van der Waals surface area (Å²) in [6.07, 6.45) is 1.48. The molecule has 0 bridgehead atoms. The molecular weight excluding hydrogens is 405 g/mol. The molecule has 1 N–H and O–H groups in total. The molecule has 28 heavy (non-hydrogen) atoms. The van der Waals surface area contributed by atoms with Crippen molar-refractivity contribution < 1.29 is 14.1 Å². The number of nitro benzene ring substituents is 1. The summed E-state index contributed by atoms with van der Waals surface area (Å²) >= 11 is 11.9. The Kier molecular flexibility index (Phi) is 6.08. The summed E-state index contributed by atoms with van der Waals surface area (Å²) in [6.45, 7) is 0. The average molecular weight is 418 g/mol. The number of furan rings is 1. The van der Waals surface area contributed by atoms with Gasteiger partial charge in [0.2, 0.25) is 5.91 Å². The summed E-state index contributed by atoms with van der Waals surface area (Å²) in [5, 5.41) is 15.7. The maximum atomic E-state index is 11.9. The molecule has 0 spiro atoms. The van der Waals surface area contributed by atoms with E-state index in [0.29, 0.717) is 27.1 Å². The van der Waals surface area contributed by atoms with E-state index >= 15 is 0 Å². The first-order chi connectivity index (χ1) is 13.4. The number of hydrogen-bond donors (Lipinski definition) is 1. The molecule has 0 fully saturated rings. The molecule has 0 saturated heterocycles. The number of carbonyl (C=O) groups is 1. The van der Waals surface area contributed by atoms with E-state index in [1.807, 2.05) is 0 Å². The van der Waals surface area contributed by atoms with E-state index in [1.54, 1.807) is 36.4 Å². The third-order valence-electron chi connectivity index (χ3n) is 3.71. The van der Waals surface area contributed by atoms with Crippen molar-refractivity contribution in [1.82, 2.24) is 5.43 Å². The molecule has 3 aromatic rings. The van der Waals surface area contributed by atoms with Gasteiger partial charge in [-0.15, -0.1) is 0 Å². The molecule has 2 aromatic carbocycles. The smallest absolute Gasteiger partial charge is 0.270 e. The van der Waals surface area contributed by atoms with Crippen molar-refractivity contribution in [3.8, 4) is 11.3 Å². The lowest BCUT2D eigenvalue weighted by molar-refractivity contribution is -0.384. The fourth-order valence-corrected chi connectivity index (χ4v) is 2.71. The van der Waals surface area contributed by atoms with E-state index in [9.17, 15) is 14.9 Å². The highest BCUT2D eigenvalue weighted by Gasteiger charge is 2.14. The minimum Gasteiger partial charge on any atom is -0.455 e. The summed E-state index contributed by atoms with van der Waals surface area (Å²) in [5.74, 6) is 0.402. The van der Waals surface area contributed by atoms with E-state index in [0.717, 1.165) is 5.56 Å². The molecule has 0 unspecified atom stereocenters. The van der Waals surface area contributed by atoms with Crippen LogP contribution in [0.1, 0.15) is 11.3 Å². The maximum absolute atomic E-state index is 11.9. The molecular formula is C19H13Cl2N3O4. The number of nitrogens with zero attached hydrogens (tertiary/aromatic N) is 2. The number of hydrazone groups is 1. The lowest BCUT2D eigenvalue weighted by Crippen LogP contribution is -2.19. The number of hydrogen-bond acceptors (Lipinski definition) is 5. The molecule has 1 heterocycles. The van der Waals surface area contributed by atoms with Crippen LogP contribution in [0, 0.1) is 10.1 Å². The average Bonchev–Trinajstić information content (AvgIpc) is 3.12. The fraction of sp³-hybridized carbons (Fsp3) is 0.0526. The number of carbonyl (C=O) groups excluding carboxylic acids is 1. The molecule has 0 aliphatic heterocycles. The van der Waals surface area contributed by atoms with Crippen LogP contribution in [0.15, 0.2) is 64.1 Å². The molecule has 9 heteroatoms. The van der Waals surface area contributed by atoms with Crippen LogP contribution in [-0.4, -0.2) is 17.0 Å². The Balaban J connectivity index is 1.64. The minimum atomic E-state index is -0.513. The summed E-state index contributed by atoms with van der Waals surface area (Å²) in [7, 11) is 0. The largest absolute Gasteiger partial charge is 0.455 e. The van der Waals surface area contributed by atoms with Gasteiger partial charge in [-0.25, -0.2) is 5.43 Å². The van der Waals surface area contributed by atoms with Crippen LogP contribution >= 0.6 is 23.2 Å². The molecule has 0 atom stereocenters.